The summed E-state index contributed by atoms with van der Waals surface area (Å²) in [6.07, 6.45) is 4.61. The Hall–Kier alpha value is -0.315. The second-order valence-electron chi connectivity index (χ2n) is 3.86. The Morgan fingerprint density at radius 1 is 1.40 bits per heavy atom. The maximum atomic E-state index is 9.23. The van der Waals surface area contributed by atoms with Crippen molar-refractivity contribution < 1.29 is 10.0 Å². The summed E-state index contributed by atoms with van der Waals surface area (Å²) in [5.74, 6) is 0.488. The van der Waals surface area contributed by atoms with Gasteiger partial charge in [0.1, 0.15) is 0 Å². The van der Waals surface area contributed by atoms with Gasteiger partial charge < -0.3 is 10.0 Å². The molecule has 1 aromatic heterocycles. The molecule has 1 aromatic rings. The monoisotopic (exact) mass is 226 g/mol. The smallest absolute Gasteiger partial charge is 0.423 e. The molecular weight excluding hydrogens is 207 g/mol. The predicted molar refractivity (Wildman–Crippen MR) is 66.7 cm³/mol. The molecule has 0 radical (unpaired) electrons. The summed E-state index contributed by atoms with van der Waals surface area (Å²) >= 11 is 1.64. The highest BCUT2D eigenvalue weighted by Gasteiger charge is 2.21. The first kappa shape index (κ1) is 12.8. The molecule has 2 nitrogen and oxygen atoms in total. The van der Waals surface area contributed by atoms with Crippen LogP contribution >= 0.6 is 11.3 Å². The lowest BCUT2D eigenvalue weighted by Gasteiger charge is -2.14. The van der Waals surface area contributed by atoms with Crippen molar-refractivity contribution in [2.75, 3.05) is 0 Å². The Morgan fingerprint density at radius 2 is 2.13 bits per heavy atom. The van der Waals surface area contributed by atoms with Crippen LogP contribution in [-0.2, 0) is 0 Å². The highest BCUT2D eigenvalue weighted by molar-refractivity contribution is 7.11. The van der Waals surface area contributed by atoms with Crippen LogP contribution in [0, 0.1) is 0 Å². The van der Waals surface area contributed by atoms with Crippen molar-refractivity contribution in [1.29, 1.82) is 0 Å². The summed E-state index contributed by atoms with van der Waals surface area (Å²) in [6, 6.07) is 1.82. The van der Waals surface area contributed by atoms with Gasteiger partial charge in [-0.2, -0.15) is 0 Å². The van der Waals surface area contributed by atoms with Crippen molar-refractivity contribution in [2.45, 2.75) is 45.4 Å². The van der Waals surface area contributed by atoms with E-state index >= 15 is 0 Å². The van der Waals surface area contributed by atoms with Crippen LogP contribution < -0.4 is 5.46 Å². The zero-order chi connectivity index (χ0) is 11.3. The van der Waals surface area contributed by atoms with E-state index in [-0.39, 0.29) is 0 Å². The van der Waals surface area contributed by atoms with E-state index in [0.717, 1.165) is 17.7 Å². The molecule has 1 heterocycles. The van der Waals surface area contributed by atoms with Gasteiger partial charge in [0.15, 0.2) is 0 Å². The lowest BCUT2D eigenvalue weighted by Crippen LogP contribution is -2.31. The normalized spacial score (nSPS) is 12.8. The van der Waals surface area contributed by atoms with Gasteiger partial charge in [0.2, 0.25) is 0 Å². The van der Waals surface area contributed by atoms with Crippen molar-refractivity contribution in [1.82, 2.24) is 0 Å². The fourth-order valence-corrected chi connectivity index (χ4v) is 2.99. The zero-order valence-electron chi connectivity index (χ0n) is 9.44. The van der Waals surface area contributed by atoms with E-state index in [1.807, 2.05) is 11.4 Å². The molecule has 0 aliphatic heterocycles. The second-order valence-corrected chi connectivity index (χ2v) is 4.81. The minimum absolute atomic E-state index is 0.488. The molecule has 4 heteroatoms. The van der Waals surface area contributed by atoms with Gasteiger partial charge in [0.25, 0.3) is 0 Å². The van der Waals surface area contributed by atoms with Gasteiger partial charge >= 0.3 is 7.12 Å². The Kier molecular flexibility index (Phi) is 5.36. The van der Waals surface area contributed by atoms with Crippen LogP contribution in [0.2, 0.25) is 0 Å². The Labute approximate surface area is 96.1 Å². The Morgan fingerprint density at radius 3 is 2.67 bits per heavy atom. The molecule has 84 valence electrons. The molecule has 2 N–H and O–H groups in total. The van der Waals surface area contributed by atoms with E-state index in [1.54, 1.807) is 11.3 Å². The maximum absolute atomic E-state index is 9.23. The molecule has 0 aliphatic rings. The Balaban J connectivity index is 2.76. The minimum atomic E-state index is -1.32. The molecule has 0 bridgehead atoms. The van der Waals surface area contributed by atoms with Crippen LogP contribution in [0.1, 0.15) is 50.3 Å². The third kappa shape index (κ3) is 3.33. The molecule has 1 unspecified atom stereocenters. The van der Waals surface area contributed by atoms with E-state index in [9.17, 15) is 10.0 Å². The van der Waals surface area contributed by atoms with E-state index < -0.39 is 7.12 Å². The lowest BCUT2D eigenvalue weighted by molar-refractivity contribution is 0.425. The summed E-state index contributed by atoms with van der Waals surface area (Å²) in [5, 5.41) is 20.4. The highest BCUT2D eigenvalue weighted by Crippen LogP contribution is 2.27. The van der Waals surface area contributed by atoms with E-state index in [0.29, 0.717) is 11.4 Å². The molecule has 1 atom stereocenters. The van der Waals surface area contributed by atoms with Gasteiger partial charge in [-0.3, -0.25) is 0 Å². The van der Waals surface area contributed by atoms with Gasteiger partial charge in [-0.05, 0) is 29.6 Å². The summed E-state index contributed by atoms with van der Waals surface area (Å²) in [5.41, 5.74) is 0.697. The fraction of sp³-hybridized carbons (Fsp3) is 0.636. The van der Waals surface area contributed by atoms with Crippen molar-refractivity contribution in [3.63, 3.8) is 0 Å². The van der Waals surface area contributed by atoms with Gasteiger partial charge in [0.05, 0.1) is 0 Å². The zero-order valence-corrected chi connectivity index (χ0v) is 10.3. The highest BCUT2D eigenvalue weighted by atomic mass is 32.1. The van der Waals surface area contributed by atoms with E-state index in [1.165, 1.54) is 12.8 Å². The van der Waals surface area contributed by atoms with Gasteiger partial charge in [-0.15, -0.1) is 11.3 Å². The standard InChI is InChI=1S/C11H19BO2S/c1-3-5-6-9(4-2)11-10(12(13)14)7-8-15-11/h7-9,13-14H,3-6H2,1-2H3. The van der Waals surface area contributed by atoms with Crippen LogP contribution in [0.5, 0.6) is 0 Å². The average molecular weight is 226 g/mol. The van der Waals surface area contributed by atoms with Crippen LogP contribution in [0.25, 0.3) is 0 Å². The van der Waals surface area contributed by atoms with Gasteiger partial charge in [0, 0.05) is 4.88 Å². The van der Waals surface area contributed by atoms with Crippen LogP contribution in [0.3, 0.4) is 0 Å². The topological polar surface area (TPSA) is 40.5 Å². The molecule has 0 saturated carbocycles. The third-order valence-electron chi connectivity index (χ3n) is 2.78. The predicted octanol–water partition coefficient (Wildman–Crippen LogP) is 2.11. The largest absolute Gasteiger partial charge is 0.489 e. The third-order valence-corrected chi connectivity index (χ3v) is 3.87. The Bertz CT molecular complexity index is 286. The second kappa shape index (κ2) is 6.31. The first-order chi connectivity index (χ1) is 7.20. The number of hydrogen-bond donors (Lipinski definition) is 2. The van der Waals surface area contributed by atoms with Crippen LogP contribution in [0.4, 0.5) is 0 Å². The summed E-state index contributed by atoms with van der Waals surface area (Å²) in [6.45, 7) is 4.34. The van der Waals surface area contributed by atoms with Crippen molar-refractivity contribution >= 4 is 23.9 Å². The van der Waals surface area contributed by atoms with Crippen LogP contribution in [0.15, 0.2) is 11.4 Å². The molecule has 0 aromatic carbocycles. The minimum Gasteiger partial charge on any atom is -0.423 e. The molecule has 0 amide bonds. The quantitative estimate of drug-likeness (QED) is 0.729. The molecule has 15 heavy (non-hydrogen) atoms. The molecule has 0 fully saturated rings. The van der Waals surface area contributed by atoms with Gasteiger partial charge in [-0.1, -0.05) is 32.8 Å². The first-order valence-corrected chi connectivity index (χ1v) is 6.52. The van der Waals surface area contributed by atoms with Gasteiger partial charge in [-0.25, -0.2) is 0 Å². The number of hydrogen-bond acceptors (Lipinski definition) is 3. The van der Waals surface area contributed by atoms with Crippen molar-refractivity contribution in [3.05, 3.63) is 16.3 Å². The fourth-order valence-electron chi connectivity index (χ4n) is 1.85. The summed E-state index contributed by atoms with van der Waals surface area (Å²) < 4.78 is 0. The summed E-state index contributed by atoms with van der Waals surface area (Å²) in [4.78, 5) is 1.15. The van der Waals surface area contributed by atoms with E-state index in [2.05, 4.69) is 13.8 Å². The number of rotatable bonds is 6. The van der Waals surface area contributed by atoms with Crippen molar-refractivity contribution in [3.8, 4) is 0 Å². The van der Waals surface area contributed by atoms with E-state index in [4.69, 9.17) is 0 Å². The van der Waals surface area contributed by atoms with Crippen LogP contribution in [-0.4, -0.2) is 17.2 Å². The summed E-state index contributed by atoms with van der Waals surface area (Å²) in [7, 11) is -1.32. The average Bonchev–Trinajstić information content (AvgIpc) is 2.68. The number of unbranched alkanes of at least 4 members (excludes halogenated alkanes) is 1. The molecule has 0 aliphatic carbocycles. The molecule has 0 spiro atoms. The SMILES string of the molecule is CCCCC(CC)c1sccc1B(O)O. The van der Waals surface area contributed by atoms with Crippen molar-refractivity contribution in [2.24, 2.45) is 0 Å². The molecule has 0 saturated heterocycles. The maximum Gasteiger partial charge on any atom is 0.489 e. The number of thiophene rings is 1. The lowest BCUT2D eigenvalue weighted by atomic mass is 9.77. The first-order valence-electron chi connectivity index (χ1n) is 5.64. The molecule has 1 rings (SSSR count). The molecular formula is C11H19BO2S.